The van der Waals surface area contributed by atoms with Gasteiger partial charge < -0.3 is 4.74 Å². The molecular weight excluding hydrogens is 323 g/mol. The molecule has 7 heteroatoms. The number of nitrogens with one attached hydrogen (secondary N) is 1. The Balaban J connectivity index is 1.52. The van der Waals surface area contributed by atoms with E-state index in [1.54, 1.807) is 10.9 Å². The van der Waals surface area contributed by atoms with Gasteiger partial charge in [-0.15, -0.1) is 5.10 Å². The SMILES string of the molecule is Cc1ccccc1Cn1cc(COC(=O)Nc2ccc(F)cc2)nn1. The lowest BCUT2D eigenvalue weighted by atomic mass is 10.1. The summed E-state index contributed by atoms with van der Waals surface area (Å²) in [5.41, 5.74) is 3.32. The summed E-state index contributed by atoms with van der Waals surface area (Å²) in [5.74, 6) is -0.371. The van der Waals surface area contributed by atoms with Crippen LogP contribution in [0, 0.1) is 12.7 Å². The van der Waals surface area contributed by atoms with Crippen molar-refractivity contribution in [3.8, 4) is 0 Å². The van der Waals surface area contributed by atoms with Gasteiger partial charge in [-0.2, -0.15) is 0 Å². The van der Waals surface area contributed by atoms with E-state index in [4.69, 9.17) is 4.74 Å². The van der Waals surface area contributed by atoms with Gasteiger partial charge in [0.05, 0.1) is 12.7 Å². The van der Waals surface area contributed by atoms with E-state index in [0.717, 1.165) is 5.56 Å². The summed E-state index contributed by atoms with van der Waals surface area (Å²) >= 11 is 0. The lowest BCUT2D eigenvalue weighted by Crippen LogP contribution is -2.13. The number of ether oxygens (including phenoxy) is 1. The summed E-state index contributed by atoms with van der Waals surface area (Å²) in [6, 6.07) is 13.4. The maximum Gasteiger partial charge on any atom is 0.412 e. The molecule has 0 unspecified atom stereocenters. The van der Waals surface area contributed by atoms with Crippen molar-refractivity contribution in [2.24, 2.45) is 0 Å². The predicted molar refractivity (Wildman–Crippen MR) is 90.5 cm³/mol. The molecule has 0 aliphatic rings. The second kappa shape index (κ2) is 7.57. The van der Waals surface area contributed by atoms with Crippen molar-refractivity contribution < 1.29 is 13.9 Å². The summed E-state index contributed by atoms with van der Waals surface area (Å²) in [5, 5.41) is 10.5. The largest absolute Gasteiger partial charge is 0.443 e. The highest BCUT2D eigenvalue weighted by Crippen LogP contribution is 2.10. The van der Waals surface area contributed by atoms with Crippen molar-refractivity contribution in [1.29, 1.82) is 0 Å². The zero-order valence-corrected chi connectivity index (χ0v) is 13.6. The third-order valence-electron chi connectivity index (χ3n) is 3.62. The monoisotopic (exact) mass is 340 g/mol. The van der Waals surface area contributed by atoms with Crippen LogP contribution in [0.25, 0.3) is 0 Å². The van der Waals surface area contributed by atoms with Crippen molar-refractivity contribution in [3.63, 3.8) is 0 Å². The van der Waals surface area contributed by atoms with Crippen LogP contribution in [0.5, 0.6) is 0 Å². The topological polar surface area (TPSA) is 69.0 Å². The van der Waals surface area contributed by atoms with Crippen LogP contribution < -0.4 is 5.32 Å². The number of halogens is 1. The number of carbonyl (C=O) groups is 1. The number of hydrogen-bond acceptors (Lipinski definition) is 4. The van der Waals surface area contributed by atoms with E-state index in [0.29, 0.717) is 17.9 Å². The molecule has 1 N–H and O–H groups in total. The van der Waals surface area contributed by atoms with E-state index in [2.05, 4.69) is 15.6 Å². The van der Waals surface area contributed by atoms with Crippen LogP contribution in [0.2, 0.25) is 0 Å². The molecule has 128 valence electrons. The van der Waals surface area contributed by atoms with Crippen molar-refractivity contribution in [1.82, 2.24) is 15.0 Å². The Kier molecular flexibility index (Phi) is 5.03. The molecule has 2 aromatic carbocycles. The molecule has 0 aliphatic carbocycles. The Morgan fingerprint density at radius 2 is 1.96 bits per heavy atom. The van der Waals surface area contributed by atoms with E-state index in [9.17, 15) is 9.18 Å². The van der Waals surface area contributed by atoms with Crippen LogP contribution >= 0.6 is 0 Å². The lowest BCUT2D eigenvalue weighted by molar-refractivity contribution is 0.153. The minimum Gasteiger partial charge on any atom is -0.443 e. The molecule has 1 amide bonds. The van der Waals surface area contributed by atoms with Crippen LogP contribution in [0.15, 0.2) is 54.7 Å². The Bertz CT molecular complexity index is 862. The van der Waals surface area contributed by atoms with Crippen LogP contribution in [-0.4, -0.2) is 21.1 Å². The number of hydrogen-bond donors (Lipinski definition) is 1. The molecule has 0 radical (unpaired) electrons. The molecule has 0 aliphatic heterocycles. The summed E-state index contributed by atoms with van der Waals surface area (Å²) in [6.07, 6.45) is 1.09. The number of aryl methyl sites for hydroxylation is 1. The number of anilines is 1. The van der Waals surface area contributed by atoms with Crippen molar-refractivity contribution in [2.75, 3.05) is 5.32 Å². The number of amides is 1. The number of benzene rings is 2. The third kappa shape index (κ3) is 4.63. The zero-order valence-electron chi connectivity index (χ0n) is 13.6. The quantitative estimate of drug-likeness (QED) is 0.771. The maximum absolute atomic E-state index is 12.8. The first-order valence-corrected chi connectivity index (χ1v) is 7.73. The van der Waals surface area contributed by atoms with Crippen molar-refractivity contribution in [2.45, 2.75) is 20.1 Å². The first kappa shape index (κ1) is 16.6. The maximum atomic E-state index is 12.8. The first-order chi connectivity index (χ1) is 12.1. The molecule has 1 aromatic heterocycles. The minimum absolute atomic E-state index is 0.000793. The molecular formula is C18H17FN4O2. The molecule has 3 aromatic rings. The third-order valence-corrected chi connectivity index (χ3v) is 3.62. The smallest absolute Gasteiger partial charge is 0.412 e. The van der Waals surface area contributed by atoms with E-state index in [1.165, 1.54) is 29.8 Å². The molecule has 6 nitrogen and oxygen atoms in total. The lowest BCUT2D eigenvalue weighted by Gasteiger charge is -2.05. The molecule has 0 atom stereocenters. The van der Waals surface area contributed by atoms with Gasteiger partial charge in [-0.1, -0.05) is 29.5 Å². The normalized spacial score (nSPS) is 10.5. The molecule has 1 heterocycles. The summed E-state index contributed by atoms with van der Waals surface area (Å²) in [7, 11) is 0. The van der Waals surface area contributed by atoms with E-state index < -0.39 is 6.09 Å². The van der Waals surface area contributed by atoms with Crippen LogP contribution in [0.1, 0.15) is 16.8 Å². The van der Waals surface area contributed by atoms with Gasteiger partial charge >= 0.3 is 6.09 Å². The van der Waals surface area contributed by atoms with Crippen LogP contribution in [0.4, 0.5) is 14.9 Å². The fraction of sp³-hybridized carbons (Fsp3) is 0.167. The molecule has 0 saturated carbocycles. The second-order valence-corrected chi connectivity index (χ2v) is 5.54. The summed E-state index contributed by atoms with van der Waals surface area (Å²) in [4.78, 5) is 11.7. The Labute approximate surface area is 144 Å². The van der Waals surface area contributed by atoms with E-state index in [-0.39, 0.29) is 12.4 Å². The minimum atomic E-state index is -0.639. The van der Waals surface area contributed by atoms with Gasteiger partial charge in [0.1, 0.15) is 18.1 Å². The molecule has 25 heavy (non-hydrogen) atoms. The Hall–Kier alpha value is -3.22. The molecule has 0 bridgehead atoms. The Morgan fingerprint density at radius 1 is 1.20 bits per heavy atom. The van der Waals surface area contributed by atoms with Crippen LogP contribution in [-0.2, 0) is 17.9 Å². The highest BCUT2D eigenvalue weighted by molar-refractivity contribution is 5.84. The number of carbonyl (C=O) groups excluding carboxylic acids is 1. The standard InChI is InChI=1S/C18H17FN4O2/c1-13-4-2-3-5-14(13)10-23-11-17(21-22-23)12-25-18(24)20-16-8-6-15(19)7-9-16/h2-9,11H,10,12H2,1H3,(H,20,24). The highest BCUT2D eigenvalue weighted by Gasteiger charge is 2.07. The van der Waals surface area contributed by atoms with E-state index in [1.807, 2.05) is 31.2 Å². The van der Waals surface area contributed by atoms with Gasteiger partial charge in [-0.05, 0) is 42.3 Å². The number of nitrogens with zero attached hydrogens (tertiary/aromatic N) is 3. The average Bonchev–Trinajstić information content (AvgIpc) is 3.05. The second-order valence-electron chi connectivity index (χ2n) is 5.54. The zero-order chi connectivity index (χ0) is 17.6. The van der Waals surface area contributed by atoms with Gasteiger partial charge in [0.25, 0.3) is 0 Å². The van der Waals surface area contributed by atoms with Gasteiger partial charge in [0, 0.05) is 5.69 Å². The highest BCUT2D eigenvalue weighted by atomic mass is 19.1. The number of aromatic nitrogens is 3. The van der Waals surface area contributed by atoms with Crippen molar-refractivity contribution >= 4 is 11.8 Å². The van der Waals surface area contributed by atoms with Crippen LogP contribution in [0.3, 0.4) is 0 Å². The molecule has 0 saturated heterocycles. The van der Waals surface area contributed by atoms with Gasteiger partial charge in [-0.3, -0.25) is 5.32 Å². The summed E-state index contributed by atoms with van der Waals surface area (Å²) < 4.78 is 19.6. The number of rotatable bonds is 5. The molecule has 3 rings (SSSR count). The average molecular weight is 340 g/mol. The fourth-order valence-electron chi connectivity index (χ4n) is 2.27. The summed E-state index contributed by atoms with van der Waals surface area (Å²) in [6.45, 7) is 2.64. The van der Waals surface area contributed by atoms with Gasteiger partial charge in [0.2, 0.25) is 0 Å². The van der Waals surface area contributed by atoms with Crippen molar-refractivity contribution in [3.05, 3.63) is 77.4 Å². The molecule has 0 fully saturated rings. The fourth-order valence-corrected chi connectivity index (χ4v) is 2.27. The van der Waals surface area contributed by atoms with E-state index >= 15 is 0 Å². The van der Waals surface area contributed by atoms with Gasteiger partial charge in [-0.25, -0.2) is 13.9 Å². The predicted octanol–water partition coefficient (Wildman–Crippen LogP) is 3.52. The molecule has 0 spiro atoms. The Morgan fingerprint density at radius 3 is 2.72 bits per heavy atom. The first-order valence-electron chi connectivity index (χ1n) is 7.73. The van der Waals surface area contributed by atoms with Gasteiger partial charge in [0.15, 0.2) is 0 Å².